The molecule has 0 radical (unpaired) electrons. The second-order valence-corrected chi connectivity index (χ2v) is 5.44. The number of fused-ring (bicyclic) bond motifs is 1. The lowest BCUT2D eigenvalue weighted by Crippen LogP contribution is -2.16. The highest BCUT2D eigenvalue weighted by Crippen LogP contribution is 2.17. The first-order valence-corrected chi connectivity index (χ1v) is 6.99. The first-order chi connectivity index (χ1) is 9.24. The molecule has 0 aromatic carbocycles. The Morgan fingerprint density at radius 3 is 3.21 bits per heavy atom. The molecule has 5 heteroatoms. The quantitative estimate of drug-likeness (QED) is 0.932. The lowest BCUT2D eigenvalue weighted by atomic mass is 10.0. The number of aromatic nitrogens is 2. The van der Waals surface area contributed by atoms with E-state index in [4.69, 9.17) is 11.6 Å². The lowest BCUT2D eigenvalue weighted by molar-refractivity contribution is 0.529. The fraction of sp³-hybridized carbons (Fsp3) is 0.429. The van der Waals surface area contributed by atoms with Crippen molar-refractivity contribution >= 4 is 17.2 Å². The molecular formula is C14H16ClN3O. The summed E-state index contributed by atoms with van der Waals surface area (Å²) in [5.41, 5.74) is 1.33. The topological polar surface area (TPSA) is 46.4 Å². The van der Waals surface area contributed by atoms with Gasteiger partial charge in [0.25, 0.3) is 5.56 Å². The van der Waals surface area contributed by atoms with E-state index in [0.717, 1.165) is 31.6 Å². The monoisotopic (exact) mass is 277 g/mol. The number of hydrogen-bond donors (Lipinski definition) is 1. The normalized spacial score (nSPS) is 19.1. The highest BCUT2D eigenvalue weighted by Gasteiger charge is 2.15. The van der Waals surface area contributed by atoms with E-state index in [2.05, 4.69) is 10.3 Å². The van der Waals surface area contributed by atoms with Crippen LogP contribution in [0.25, 0.3) is 5.65 Å². The van der Waals surface area contributed by atoms with Gasteiger partial charge in [0.15, 0.2) is 5.65 Å². The summed E-state index contributed by atoms with van der Waals surface area (Å²) in [4.78, 5) is 16.5. The number of halogens is 1. The maximum absolute atomic E-state index is 12.0. The zero-order valence-electron chi connectivity index (χ0n) is 10.6. The molecule has 1 fully saturated rings. The van der Waals surface area contributed by atoms with Crippen molar-refractivity contribution in [3.8, 4) is 0 Å². The first kappa shape index (κ1) is 12.6. The van der Waals surface area contributed by atoms with E-state index in [1.54, 1.807) is 24.4 Å². The van der Waals surface area contributed by atoms with Gasteiger partial charge >= 0.3 is 0 Å². The summed E-state index contributed by atoms with van der Waals surface area (Å²) in [6, 6.07) is 5.13. The molecule has 3 rings (SSSR count). The Labute approximate surface area is 116 Å². The van der Waals surface area contributed by atoms with Gasteiger partial charge in [0.05, 0.1) is 5.02 Å². The number of aryl methyl sites for hydroxylation is 1. The summed E-state index contributed by atoms with van der Waals surface area (Å²) in [6.07, 6.45) is 4.82. The van der Waals surface area contributed by atoms with Crippen LogP contribution in [-0.2, 0) is 6.42 Å². The Morgan fingerprint density at radius 2 is 2.42 bits per heavy atom. The number of nitrogens with zero attached hydrogens (tertiary/aromatic N) is 2. The van der Waals surface area contributed by atoms with Gasteiger partial charge in [-0.25, -0.2) is 4.98 Å². The SMILES string of the molecule is O=c1cc(CCC2CCNC2)nc2c(Cl)cccn12. The van der Waals surface area contributed by atoms with E-state index in [1.807, 2.05) is 0 Å². The molecule has 1 unspecified atom stereocenters. The van der Waals surface area contributed by atoms with Gasteiger partial charge in [0.2, 0.25) is 0 Å². The molecule has 4 nitrogen and oxygen atoms in total. The smallest absolute Gasteiger partial charge is 0.258 e. The minimum atomic E-state index is -0.0629. The molecular weight excluding hydrogens is 262 g/mol. The molecule has 2 aromatic rings. The van der Waals surface area contributed by atoms with Gasteiger partial charge < -0.3 is 5.32 Å². The van der Waals surface area contributed by atoms with Gasteiger partial charge in [-0.2, -0.15) is 0 Å². The third kappa shape index (κ3) is 2.65. The van der Waals surface area contributed by atoms with Crippen LogP contribution in [0, 0.1) is 5.92 Å². The van der Waals surface area contributed by atoms with Gasteiger partial charge in [-0.05, 0) is 50.4 Å². The third-order valence-corrected chi connectivity index (χ3v) is 3.96. The molecule has 0 saturated carbocycles. The molecule has 1 atom stereocenters. The summed E-state index contributed by atoms with van der Waals surface area (Å²) in [6.45, 7) is 2.18. The van der Waals surface area contributed by atoms with Crippen LogP contribution in [0.5, 0.6) is 0 Å². The average Bonchev–Trinajstić information content (AvgIpc) is 2.91. The van der Waals surface area contributed by atoms with Crippen molar-refractivity contribution in [2.24, 2.45) is 5.92 Å². The second kappa shape index (κ2) is 5.31. The Balaban J connectivity index is 1.87. The highest BCUT2D eigenvalue weighted by atomic mass is 35.5. The molecule has 1 aliphatic rings. The fourth-order valence-corrected chi connectivity index (χ4v) is 2.79. The molecule has 0 aliphatic carbocycles. The van der Waals surface area contributed by atoms with Gasteiger partial charge in [-0.15, -0.1) is 0 Å². The summed E-state index contributed by atoms with van der Waals surface area (Å²) >= 11 is 6.10. The van der Waals surface area contributed by atoms with Crippen LogP contribution < -0.4 is 10.9 Å². The molecule has 1 aliphatic heterocycles. The predicted molar refractivity (Wildman–Crippen MR) is 75.8 cm³/mol. The van der Waals surface area contributed by atoms with E-state index >= 15 is 0 Å². The molecule has 0 spiro atoms. The molecule has 1 N–H and O–H groups in total. The summed E-state index contributed by atoms with van der Waals surface area (Å²) in [5.74, 6) is 0.700. The summed E-state index contributed by atoms with van der Waals surface area (Å²) in [7, 11) is 0. The van der Waals surface area contributed by atoms with E-state index in [0.29, 0.717) is 16.6 Å². The van der Waals surface area contributed by atoms with Crippen molar-refractivity contribution in [2.45, 2.75) is 19.3 Å². The van der Waals surface area contributed by atoms with E-state index < -0.39 is 0 Å². The Bertz CT molecular complexity index is 647. The molecule has 19 heavy (non-hydrogen) atoms. The number of pyridine rings is 1. The molecule has 0 amide bonds. The van der Waals surface area contributed by atoms with Crippen molar-refractivity contribution < 1.29 is 0 Å². The molecule has 2 aromatic heterocycles. The first-order valence-electron chi connectivity index (χ1n) is 6.61. The molecule has 1 saturated heterocycles. The van der Waals surface area contributed by atoms with Gasteiger partial charge in [-0.3, -0.25) is 9.20 Å². The minimum Gasteiger partial charge on any atom is -0.316 e. The Morgan fingerprint density at radius 1 is 1.53 bits per heavy atom. The van der Waals surface area contributed by atoms with Crippen LogP contribution in [0.1, 0.15) is 18.5 Å². The standard InChI is InChI=1S/C14H16ClN3O/c15-12-2-1-7-18-13(19)8-11(17-14(12)18)4-3-10-5-6-16-9-10/h1-2,7-8,10,16H,3-6,9H2. The summed E-state index contributed by atoms with van der Waals surface area (Å²) in [5, 5.41) is 3.87. The molecule has 0 bridgehead atoms. The number of rotatable bonds is 3. The molecule has 100 valence electrons. The number of nitrogens with one attached hydrogen (secondary N) is 1. The van der Waals surface area contributed by atoms with Crippen LogP contribution in [0.3, 0.4) is 0 Å². The summed E-state index contributed by atoms with van der Waals surface area (Å²) < 4.78 is 1.49. The Kier molecular flexibility index (Phi) is 3.53. The van der Waals surface area contributed by atoms with Crippen molar-refractivity contribution in [1.82, 2.24) is 14.7 Å². The van der Waals surface area contributed by atoms with Crippen LogP contribution in [-0.4, -0.2) is 22.5 Å². The van der Waals surface area contributed by atoms with Gasteiger partial charge in [-0.1, -0.05) is 11.6 Å². The highest BCUT2D eigenvalue weighted by molar-refractivity contribution is 6.33. The third-order valence-electron chi connectivity index (χ3n) is 3.67. The molecule has 3 heterocycles. The minimum absolute atomic E-state index is 0.0629. The van der Waals surface area contributed by atoms with Crippen LogP contribution in [0.2, 0.25) is 5.02 Å². The van der Waals surface area contributed by atoms with E-state index in [-0.39, 0.29) is 5.56 Å². The van der Waals surface area contributed by atoms with E-state index in [1.165, 1.54) is 10.8 Å². The largest absolute Gasteiger partial charge is 0.316 e. The van der Waals surface area contributed by atoms with Crippen LogP contribution in [0.15, 0.2) is 29.2 Å². The fourth-order valence-electron chi connectivity index (χ4n) is 2.58. The van der Waals surface area contributed by atoms with Crippen LogP contribution >= 0.6 is 11.6 Å². The zero-order valence-corrected chi connectivity index (χ0v) is 11.4. The van der Waals surface area contributed by atoms with Crippen molar-refractivity contribution in [3.63, 3.8) is 0 Å². The number of hydrogen-bond acceptors (Lipinski definition) is 3. The van der Waals surface area contributed by atoms with Gasteiger partial charge in [0.1, 0.15) is 0 Å². The maximum Gasteiger partial charge on any atom is 0.258 e. The van der Waals surface area contributed by atoms with Crippen LogP contribution in [0.4, 0.5) is 0 Å². The Hall–Kier alpha value is -1.39. The second-order valence-electron chi connectivity index (χ2n) is 5.03. The lowest BCUT2D eigenvalue weighted by Gasteiger charge is -2.08. The average molecular weight is 278 g/mol. The maximum atomic E-state index is 12.0. The zero-order chi connectivity index (χ0) is 13.2. The van der Waals surface area contributed by atoms with E-state index in [9.17, 15) is 4.79 Å². The van der Waals surface area contributed by atoms with Crippen molar-refractivity contribution in [2.75, 3.05) is 13.1 Å². The van der Waals surface area contributed by atoms with Crippen molar-refractivity contribution in [1.29, 1.82) is 0 Å². The predicted octanol–water partition coefficient (Wildman–Crippen LogP) is 1.89. The van der Waals surface area contributed by atoms with Crippen molar-refractivity contribution in [3.05, 3.63) is 45.5 Å². The van der Waals surface area contributed by atoms with Gasteiger partial charge in [0, 0.05) is 18.0 Å².